The van der Waals surface area contributed by atoms with Crippen LogP contribution in [0.1, 0.15) is 19.4 Å². The Morgan fingerprint density at radius 2 is 1.76 bits per heavy atom. The van der Waals surface area contributed by atoms with E-state index in [1.165, 1.54) is 10.5 Å². The first kappa shape index (κ1) is 14.6. The Morgan fingerprint density at radius 1 is 1.18 bits per heavy atom. The fourth-order valence-corrected chi connectivity index (χ4v) is 2.48. The molecule has 0 fully saturated rings. The highest BCUT2D eigenvalue weighted by molar-refractivity contribution is 7.99. The molecule has 0 aliphatic rings. The second-order valence-corrected chi connectivity index (χ2v) is 5.36. The predicted octanol–water partition coefficient (Wildman–Crippen LogP) is 2.79. The summed E-state index contributed by atoms with van der Waals surface area (Å²) in [6, 6.07) is 8.45. The summed E-state index contributed by atoms with van der Waals surface area (Å²) in [5, 5.41) is 9.94. The molecule has 1 atom stereocenters. The maximum atomic E-state index is 9.94. The van der Waals surface area contributed by atoms with Gasteiger partial charge in [0.2, 0.25) is 0 Å². The molecule has 1 rings (SSSR count). The van der Waals surface area contributed by atoms with Crippen molar-refractivity contribution in [3.63, 3.8) is 0 Å². The molecule has 0 saturated carbocycles. The van der Waals surface area contributed by atoms with Gasteiger partial charge in [-0.05, 0) is 32.1 Å². The van der Waals surface area contributed by atoms with Gasteiger partial charge in [-0.1, -0.05) is 31.5 Å². The van der Waals surface area contributed by atoms with Gasteiger partial charge in [-0.2, -0.15) is 0 Å². The minimum absolute atomic E-state index is 0.249. The van der Waals surface area contributed by atoms with Crippen molar-refractivity contribution in [2.24, 2.45) is 0 Å². The second-order valence-electron chi connectivity index (χ2n) is 4.26. The van der Waals surface area contributed by atoms with Gasteiger partial charge in [0.05, 0.1) is 6.10 Å². The van der Waals surface area contributed by atoms with Crippen LogP contribution in [0.5, 0.6) is 0 Å². The molecule has 1 aromatic carbocycles. The minimum Gasteiger partial charge on any atom is -0.391 e. The first-order chi connectivity index (χ1) is 8.15. The number of aliphatic hydroxyl groups excluding tert-OH is 1. The van der Waals surface area contributed by atoms with E-state index >= 15 is 0 Å². The summed E-state index contributed by atoms with van der Waals surface area (Å²) in [4.78, 5) is 3.48. The Balaban J connectivity index is 2.32. The minimum atomic E-state index is -0.249. The number of aryl methyl sites for hydroxylation is 1. The molecule has 0 bridgehead atoms. The summed E-state index contributed by atoms with van der Waals surface area (Å²) in [5.41, 5.74) is 1.28. The normalized spacial score (nSPS) is 13.0. The van der Waals surface area contributed by atoms with Crippen molar-refractivity contribution in [3.05, 3.63) is 29.8 Å². The number of rotatable bonds is 7. The molecule has 1 unspecified atom stereocenters. The number of aliphatic hydroxyl groups is 1. The molecule has 0 amide bonds. The number of likely N-dealkylation sites (N-methyl/N-ethyl adjacent to an activating group) is 1. The molecule has 0 saturated heterocycles. The zero-order chi connectivity index (χ0) is 12.7. The van der Waals surface area contributed by atoms with Gasteiger partial charge < -0.3 is 10.0 Å². The molecule has 0 spiro atoms. The maximum absolute atomic E-state index is 9.94. The van der Waals surface area contributed by atoms with Crippen LogP contribution >= 0.6 is 11.8 Å². The van der Waals surface area contributed by atoms with Crippen molar-refractivity contribution < 1.29 is 5.11 Å². The molecule has 2 nitrogen and oxygen atoms in total. The topological polar surface area (TPSA) is 23.5 Å². The van der Waals surface area contributed by atoms with Gasteiger partial charge in [-0.3, -0.25) is 0 Å². The van der Waals surface area contributed by atoms with Crippen molar-refractivity contribution in [2.45, 2.75) is 31.8 Å². The lowest BCUT2D eigenvalue weighted by molar-refractivity contribution is 0.137. The Bertz CT molecular complexity index is 309. The van der Waals surface area contributed by atoms with Crippen LogP contribution in [0, 0.1) is 6.92 Å². The molecule has 0 aromatic heterocycles. The molecule has 1 N–H and O–H groups in total. The summed E-state index contributed by atoms with van der Waals surface area (Å²) in [5.74, 6) is 0.763. The molecule has 3 heteroatoms. The molecular weight excluding hydrogens is 230 g/mol. The van der Waals surface area contributed by atoms with Crippen LogP contribution in [-0.2, 0) is 0 Å². The van der Waals surface area contributed by atoms with Gasteiger partial charge in [0.15, 0.2) is 0 Å². The lowest BCUT2D eigenvalue weighted by Gasteiger charge is -2.21. The maximum Gasteiger partial charge on any atom is 0.0760 e. The summed E-state index contributed by atoms with van der Waals surface area (Å²) >= 11 is 1.72. The van der Waals surface area contributed by atoms with Crippen LogP contribution in [0.15, 0.2) is 29.2 Å². The van der Waals surface area contributed by atoms with Crippen LogP contribution in [0.2, 0.25) is 0 Å². The van der Waals surface area contributed by atoms with Crippen LogP contribution in [-0.4, -0.2) is 41.5 Å². The monoisotopic (exact) mass is 253 g/mol. The van der Waals surface area contributed by atoms with Crippen molar-refractivity contribution >= 4 is 11.8 Å². The molecule has 0 aliphatic heterocycles. The van der Waals surface area contributed by atoms with Gasteiger partial charge in [-0.25, -0.2) is 0 Å². The highest BCUT2D eigenvalue weighted by atomic mass is 32.2. The number of benzene rings is 1. The first-order valence-corrected chi connectivity index (χ1v) is 7.24. The van der Waals surface area contributed by atoms with Crippen LogP contribution in [0.25, 0.3) is 0 Å². The van der Waals surface area contributed by atoms with E-state index in [0.717, 1.165) is 25.4 Å². The third-order valence-electron chi connectivity index (χ3n) is 2.83. The van der Waals surface area contributed by atoms with Gasteiger partial charge in [0, 0.05) is 17.2 Å². The van der Waals surface area contributed by atoms with E-state index in [0.29, 0.717) is 0 Å². The number of thioether (sulfide) groups is 1. The average Bonchev–Trinajstić information content (AvgIpc) is 2.35. The average molecular weight is 253 g/mol. The van der Waals surface area contributed by atoms with Gasteiger partial charge in [0.25, 0.3) is 0 Å². The summed E-state index contributed by atoms with van der Waals surface area (Å²) in [6.07, 6.45) is -0.249. The van der Waals surface area contributed by atoms with Crippen LogP contribution in [0.4, 0.5) is 0 Å². The van der Waals surface area contributed by atoms with Crippen molar-refractivity contribution in [2.75, 3.05) is 25.4 Å². The molecule has 0 aliphatic carbocycles. The molecular formula is C14H23NOS. The van der Waals surface area contributed by atoms with Gasteiger partial charge in [-0.15, -0.1) is 11.8 Å². The van der Waals surface area contributed by atoms with E-state index in [-0.39, 0.29) is 6.10 Å². The standard InChI is InChI=1S/C14H23NOS/c1-4-15(5-2)10-13(16)11-17-14-8-6-12(3)7-9-14/h6-9,13,16H,4-5,10-11H2,1-3H3. The smallest absolute Gasteiger partial charge is 0.0760 e. The predicted molar refractivity (Wildman–Crippen MR) is 75.7 cm³/mol. The highest BCUT2D eigenvalue weighted by Gasteiger charge is 2.09. The number of hydrogen-bond acceptors (Lipinski definition) is 3. The highest BCUT2D eigenvalue weighted by Crippen LogP contribution is 2.19. The number of nitrogens with zero attached hydrogens (tertiary/aromatic N) is 1. The van der Waals surface area contributed by atoms with Crippen molar-refractivity contribution in [3.8, 4) is 0 Å². The quantitative estimate of drug-likeness (QED) is 0.756. The zero-order valence-electron chi connectivity index (χ0n) is 11.0. The fourth-order valence-electron chi connectivity index (χ4n) is 1.66. The van der Waals surface area contributed by atoms with Gasteiger partial charge in [0.1, 0.15) is 0 Å². The van der Waals surface area contributed by atoms with Crippen molar-refractivity contribution in [1.29, 1.82) is 0 Å². The molecule has 0 radical (unpaired) electrons. The zero-order valence-corrected chi connectivity index (χ0v) is 11.8. The van der Waals surface area contributed by atoms with E-state index in [9.17, 15) is 5.11 Å². The van der Waals surface area contributed by atoms with Crippen LogP contribution < -0.4 is 0 Å². The fraction of sp³-hybridized carbons (Fsp3) is 0.571. The molecule has 1 aromatic rings. The van der Waals surface area contributed by atoms with E-state index in [2.05, 4.69) is 49.9 Å². The Morgan fingerprint density at radius 3 is 2.29 bits per heavy atom. The first-order valence-electron chi connectivity index (χ1n) is 6.25. The van der Waals surface area contributed by atoms with E-state index in [1.807, 2.05) is 0 Å². The van der Waals surface area contributed by atoms with Crippen molar-refractivity contribution in [1.82, 2.24) is 4.90 Å². The molecule has 17 heavy (non-hydrogen) atoms. The van der Waals surface area contributed by atoms with E-state index in [1.54, 1.807) is 11.8 Å². The van der Waals surface area contributed by atoms with Gasteiger partial charge >= 0.3 is 0 Å². The summed E-state index contributed by atoms with van der Waals surface area (Å²) < 4.78 is 0. The Hall–Kier alpha value is -0.510. The van der Waals surface area contributed by atoms with E-state index < -0.39 is 0 Å². The number of hydrogen-bond donors (Lipinski definition) is 1. The van der Waals surface area contributed by atoms with Crippen LogP contribution in [0.3, 0.4) is 0 Å². The van der Waals surface area contributed by atoms with E-state index in [4.69, 9.17) is 0 Å². The lowest BCUT2D eigenvalue weighted by atomic mass is 10.2. The SMILES string of the molecule is CCN(CC)CC(O)CSc1ccc(C)cc1. The lowest BCUT2D eigenvalue weighted by Crippen LogP contribution is -2.33. The second kappa shape index (κ2) is 7.75. The Kier molecular flexibility index (Phi) is 6.63. The molecule has 96 valence electrons. The Labute approximate surface area is 109 Å². The summed E-state index contributed by atoms with van der Waals surface area (Å²) in [7, 11) is 0. The largest absolute Gasteiger partial charge is 0.391 e. The molecule has 0 heterocycles. The summed E-state index contributed by atoms with van der Waals surface area (Å²) in [6.45, 7) is 9.12. The third-order valence-corrected chi connectivity index (χ3v) is 3.98. The third kappa shape index (κ3) is 5.57.